The molecule has 3 aliphatic rings. The number of hydrogen-bond donors (Lipinski definition) is 0. The van der Waals surface area contributed by atoms with E-state index in [-0.39, 0.29) is 24.4 Å². The third kappa shape index (κ3) is 5.16. The zero-order valence-electron chi connectivity index (χ0n) is 21.7. The number of anilines is 1. The molecule has 4 heterocycles. The summed E-state index contributed by atoms with van der Waals surface area (Å²) in [6.45, 7) is 7.51. The summed E-state index contributed by atoms with van der Waals surface area (Å²) in [7, 11) is 0. The Bertz CT molecular complexity index is 1310. The number of fused-ring (bicyclic) bond motifs is 3. The van der Waals surface area contributed by atoms with Crippen LogP contribution in [-0.4, -0.2) is 75.2 Å². The SMILES string of the molecule is CC(C)(C)OC(=O)N1CCC[C@@H]1C(=O)N1CCN2c3cc(OCc4ccc(F)c(F)c4)nc(=O)n3C[C@H]2C1. The molecule has 0 bridgehead atoms. The fourth-order valence-electron chi connectivity index (χ4n) is 5.24. The lowest BCUT2D eigenvalue weighted by atomic mass is 10.1. The highest BCUT2D eigenvalue weighted by molar-refractivity contribution is 5.86. The van der Waals surface area contributed by atoms with Crippen LogP contribution in [-0.2, 0) is 22.7 Å². The number of halogens is 2. The van der Waals surface area contributed by atoms with Crippen LogP contribution in [0.4, 0.5) is 19.4 Å². The summed E-state index contributed by atoms with van der Waals surface area (Å²) in [5.41, 5.74) is -0.723. The Kier molecular flexibility index (Phi) is 6.74. The Morgan fingerprint density at radius 3 is 2.61 bits per heavy atom. The monoisotopic (exact) mass is 531 g/mol. The summed E-state index contributed by atoms with van der Waals surface area (Å²) in [6, 6.07) is 4.43. The number of hydrogen-bond acceptors (Lipinski definition) is 7. The maximum Gasteiger partial charge on any atom is 0.410 e. The van der Waals surface area contributed by atoms with Gasteiger partial charge in [-0.15, -0.1) is 0 Å². The van der Waals surface area contributed by atoms with Gasteiger partial charge in [0.05, 0.1) is 12.6 Å². The van der Waals surface area contributed by atoms with Gasteiger partial charge in [-0.1, -0.05) is 6.07 Å². The van der Waals surface area contributed by atoms with Crippen LogP contribution in [0.15, 0.2) is 29.1 Å². The zero-order chi connectivity index (χ0) is 27.2. The van der Waals surface area contributed by atoms with Crippen molar-refractivity contribution in [2.45, 2.75) is 64.4 Å². The molecular weight excluding hydrogens is 500 g/mol. The second-order valence-electron chi connectivity index (χ2n) is 10.8. The Hall–Kier alpha value is -3.70. The third-order valence-corrected chi connectivity index (χ3v) is 6.98. The van der Waals surface area contributed by atoms with Crippen LogP contribution in [0.2, 0.25) is 0 Å². The molecule has 12 heteroatoms. The molecule has 0 unspecified atom stereocenters. The van der Waals surface area contributed by atoms with Crippen molar-refractivity contribution in [1.82, 2.24) is 19.4 Å². The molecule has 1 aromatic carbocycles. The average Bonchev–Trinajstić information content (AvgIpc) is 3.48. The van der Waals surface area contributed by atoms with E-state index in [0.717, 1.165) is 18.6 Å². The van der Waals surface area contributed by atoms with Crippen molar-refractivity contribution >= 4 is 17.8 Å². The number of rotatable bonds is 4. The van der Waals surface area contributed by atoms with Gasteiger partial charge in [-0.05, 0) is 51.3 Å². The van der Waals surface area contributed by atoms with Gasteiger partial charge in [0.2, 0.25) is 11.8 Å². The molecular formula is C26H31F2N5O5. The molecule has 5 rings (SSSR count). The highest BCUT2D eigenvalue weighted by Crippen LogP contribution is 2.31. The topological polar surface area (TPSA) is 97.2 Å². The van der Waals surface area contributed by atoms with Crippen LogP contribution in [0.3, 0.4) is 0 Å². The van der Waals surface area contributed by atoms with Crippen molar-refractivity contribution in [2.75, 3.05) is 31.1 Å². The van der Waals surface area contributed by atoms with Crippen LogP contribution in [0.5, 0.6) is 5.88 Å². The lowest BCUT2D eigenvalue weighted by Gasteiger charge is -2.40. The number of amides is 2. The fraction of sp³-hybridized carbons (Fsp3) is 0.538. The van der Waals surface area contributed by atoms with Gasteiger partial charge in [0.15, 0.2) is 11.6 Å². The van der Waals surface area contributed by atoms with Gasteiger partial charge in [0.25, 0.3) is 0 Å². The van der Waals surface area contributed by atoms with Crippen molar-refractivity contribution in [3.05, 3.63) is 51.9 Å². The summed E-state index contributed by atoms with van der Waals surface area (Å²) in [4.78, 5) is 48.2. The van der Waals surface area contributed by atoms with Crippen molar-refractivity contribution < 1.29 is 27.8 Å². The van der Waals surface area contributed by atoms with Crippen LogP contribution < -0.4 is 15.3 Å². The molecule has 0 spiro atoms. The molecule has 2 atom stereocenters. The quantitative estimate of drug-likeness (QED) is 0.598. The number of nitrogens with zero attached hydrogens (tertiary/aromatic N) is 5. The molecule has 0 saturated carbocycles. The van der Waals surface area contributed by atoms with Gasteiger partial charge < -0.3 is 19.3 Å². The lowest BCUT2D eigenvalue weighted by molar-refractivity contribution is -0.136. The summed E-state index contributed by atoms with van der Waals surface area (Å²) in [6.07, 6.45) is 0.846. The number of benzene rings is 1. The first-order valence-electron chi connectivity index (χ1n) is 12.7. The average molecular weight is 532 g/mol. The number of likely N-dealkylation sites (tertiary alicyclic amines) is 1. The van der Waals surface area contributed by atoms with E-state index in [9.17, 15) is 23.2 Å². The van der Waals surface area contributed by atoms with E-state index in [4.69, 9.17) is 9.47 Å². The maximum absolute atomic E-state index is 13.5. The molecule has 0 N–H and O–H groups in total. The first kappa shape index (κ1) is 25.9. The molecule has 2 fully saturated rings. The van der Waals surface area contributed by atoms with Crippen LogP contribution in [0.1, 0.15) is 39.2 Å². The van der Waals surface area contributed by atoms with Crippen LogP contribution >= 0.6 is 0 Å². The van der Waals surface area contributed by atoms with E-state index in [0.29, 0.717) is 50.5 Å². The zero-order valence-corrected chi connectivity index (χ0v) is 21.7. The van der Waals surface area contributed by atoms with Crippen molar-refractivity contribution in [3.8, 4) is 5.88 Å². The summed E-state index contributed by atoms with van der Waals surface area (Å²) >= 11 is 0. The molecule has 204 valence electrons. The van der Waals surface area contributed by atoms with E-state index < -0.39 is 35.1 Å². The predicted molar refractivity (Wildman–Crippen MR) is 133 cm³/mol. The molecule has 0 aliphatic carbocycles. The van der Waals surface area contributed by atoms with Gasteiger partial charge in [-0.3, -0.25) is 14.3 Å². The Morgan fingerprint density at radius 2 is 1.87 bits per heavy atom. The van der Waals surface area contributed by atoms with Gasteiger partial charge >= 0.3 is 11.8 Å². The van der Waals surface area contributed by atoms with Crippen molar-refractivity contribution in [3.63, 3.8) is 0 Å². The first-order chi connectivity index (χ1) is 18.0. The Labute approximate surface area is 218 Å². The largest absolute Gasteiger partial charge is 0.473 e. The highest BCUT2D eigenvalue weighted by atomic mass is 19.2. The molecule has 3 aliphatic heterocycles. The summed E-state index contributed by atoms with van der Waals surface area (Å²) in [5, 5.41) is 0. The number of piperazine rings is 1. The van der Waals surface area contributed by atoms with Crippen molar-refractivity contribution in [2.24, 2.45) is 0 Å². The molecule has 0 radical (unpaired) electrons. The minimum Gasteiger partial charge on any atom is -0.473 e. The maximum atomic E-state index is 13.5. The fourth-order valence-corrected chi connectivity index (χ4v) is 5.24. The number of aromatic nitrogens is 2. The molecule has 2 amide bonds. The number of ether oxygens (including phenoxy) is 2. The van der Waals surface area contributed by atoms with E-state index >= 15 is 0 Å². The van der Waals surface area contributed by atoms with Gasteiger partial charge in [-0.25, -0.2) is 18.4 Å². The number of carbonyl (C=O) groups excluding carboxylic acids is 2. The van der Waals surface area contributed by atoms with Gasteiger partial charge in [-0.2, -0.15) is 4.98 Å². The molecule has 10 nitrogen and oxygen atoms in total. The van der Waals surface area contributed by atoms with Gasteiger partial charge in [0, 0.05) is 32.2 Å². The summed E-state index contributed by atoms with van der Waals surface area (Å²) in [5.74, 6) is -1.31. The molecule has 1 aromatic heterocycles. The van der Waals surface area contributed by atoms with E-state index in [2.05, 4.69) is 9.88 Å². The molecule has 2 saturated heterocycles. The molecule has 38 heavy (non-hydrogen) atoms. The van der Waals surface area contributed by atoms with Gasteiger partial charge in [0.1, 0.15) is 24.1 Å². The molecule has 2 aromatic rings. The van der Waals surface area contributed by atoms with Crippen LogP contribution in [0.25, 0.3) is 0 Å². The van der Waals surface area contributed by atoms with E-state index in [1.807, 2.05) is 0 Å². The predicted octanol–water partition coefficient (Wildman–Crippen LogP) is 2.53. The van der Waals surface area contributed by atoms with Crippen molar-refractivity contribution in [1.29, 1.82) is 0 Å². The standard InChI is InChI=1S/C26H31F2N5O5/c1-26(2,3)38-25(36)32-8-4-5-20(32)23(34)30-9-10-31-17(13-30)14-33-22(31)12-21(29-24(33)35)37-15-16-6-7-18(27)19(28)11-16/h6-7,11-12,17,20H,4-5,8-10,13-15H2,1-3H3/t17-,20-/m1/s1. The highest BCUT2D eigenvalue weighted by Gasteiger charge is 2.42. The summed E-state index contributed by atoms with van der Waals surface area (Å²) < 4.78 is 39.3. The van der Waals surface area contributed by atoms with E-state index in [1.54, 1.807) is 36.3 Å². The minimum absolute atomic E-state index is 0.0751. The van der Waals surface area contributed by atoms with Crippen LogP contribution in [0, 0.1) is 11.6 Å². The smallest absolute Gasteiger partial charge is 0.410 e. The lowest BCUT2D eigenvalue weighted by Crippen LogP contribution is -2.57. The minimum atomic E-state index is -0.977. The second kappa shape index (κ2) is 9.88. The Balaban J connectivity index is 1.25. The first-order valence-corrected chi connectivity index (χ1v) is 12.7. The van der Waals surface area contributed by atoms with E-state index in [1.165, 1.54) is 11.0 Å². The number of carbonyl (C=O) groups is 2. The Morgan fingerprint density at radius 1 is 1.08 bits per heavy atom. The third-order valence-electron chi connectivity index (χ3n) is 6.98. The normalized spacial score (nSPS) is 20.8. The second-order valence-corrected chi connectivity index (χ2v) is 10.8.